The lowest BCUT2D eigenvalue weighted by molar-refractivity contribution is -0.156. The van der Waals surface area contributed by atoms with E-state index in [0.717, 1.165) is 26.0 Å². The van der Waals surface area contributed by atoms with Crippen molar-refractivity contribution >= 4 is 5.91 Å². The molecule has 0 aromatic carbocycles. The van der Waals surface area contributed by atoms with E-state index in [9.17, 15) is 4.79 Å². The average Bonchev–Trinajstić information content (AvgIpc) is 2.01. The van der Waals surface area contributed by atoms with Crippen LogP contribution in [0, 0.1) is 0 Å². The van der Waals surface area contributed by atoms with Crippen LogP contribution in [0.1, 0.15) is 26.2 Å². The Morgan fingerprint density at radius 1 is 1.50 bits per heavy atom. The number of rotatable bonds is 0. The topological polar surface area (TPSA) is 29.5 Å². The molecule has 1 spiro atoms. The molecule has 0 radical (unpaired) electrons. The summed E-state index contributed by atoms with van der Waals surface area (Å²) in [7, 11) is 0. The Kier molecular flexibility index (Phi) is 1.83. The van der Waals surface area contributed by atoms with E-state index in [1.165, 1.54) is 6.42 Å². The largest absolute Gasteiger partial charge is 0.377 e. The fourth-order valence-electron chi connectivity index (χ4n) is 2.22. The zero-order chi connectivity index (χ0) is 8.60. The van der Waals surface area contributed by atoms with Gasteiger partial charge in [-0.1, -0.05) is 0 Å². The molecule has 3 nitrogen and oxygen atoms in total. The zero-order valence-corrected chi connectivity index (χ0v) is 7.51. The second-order valence-corrected chi connectivity index (χ2v) is 3.80. The van der Waals surface area contributed by atoms with E-state index in [1.54, 1.807) is 6.92 Å². The van der Waals surface area contributed by atoms with Gasteiger partial charge in [-0.25, -0.2) is 0 Å². The van der Waals surface area contributed by atoms with Gasteiger partial charge in [0.1, 0.15) is 0 Å². The summed E-state index contributed by atoms with van der Waals surface area (Å²) in [6.07, 6.45) is 3.51. The second kappa shape index (κ2) is 2.73. The van der Waals surface area contributed by atoms with Gasteiger partial charge in [-0.15, -0.1) is 0 Å². The third-order valence-electron chi connectivity index (χ3n) is 3.07. The lowest BCUT2D eigenvalue weighted by atomic mass is 9.75. The Morgan fingerprint density at radius 2 is 2.25 bits per heavy atom. The van der Waals surface area contributed by atoms with Crippen molar-refractivity contribution in [1.29, 1.82) is 0 Å². The summed E-state index contributed by atoms with van der Waals surface area (Å²) in [6, 6.07) is 0. The van der Waals surface area contributed by atoms with Gasteiger partial charge in [-0.2, -0.15) is 0 Å². The van der Waals surface area contributed by atoms with Crippen molar-refractivity contribution in [3.63, 3.8) is 0 Å². The fraction of sp³-hybridized carbons (Fsp3) is 0.889. The summed E-state index contributed by atoms with van der Waals surface area (Å²) in [6.45, 7) is 3.91. The van der Waals surface area contributed by atoms with Crippen LogP contribution in [0.5, 0.6) is 0 Å². The van der Waals surface area contributed by atoms with Crippen molar-refractivity contribution < 1.29 is 9.53 Å². The van der Waals surface area contributed by atoms with Crippen LogP contribution in [-0.4, -0.2) is 36.1 Å². The van der Waals surface area contributed by atoms with Crippen LogP contribution in [0.2, 0.25) is 0 Å². The molecule has 2 aliphatic rings. The first kappa shape index (κ1) is 8.05. The molecule has 0 aromatic rings. The van der Waals surface area contributed by atoms with Gasteiger partial charge >= 0.3 is 0 Å². The summed E-state index contributed by atoms with van der Waals surface area (Å²) in [5.41, 5.74) is 0.101. The third kappa shape index (κ3) is 1.04. The number of hydrogen-bond donors (Lipinski definition) is 0. The molecular weight excluding hydrogens is 154 g/mol. The Balaban J connectivity index is 2.11. The molecule has 1 aliphatic heterocycles. The summed E-state index contributed by atoms with van der Waals surface area (Å²) < 4.78 is 5.41. The number of ether oxygens (including phenoxy) is 1. The van der Waals surface area contributed by atoms with Crippen LogP contribution in [-0.2, 0) is 9.53 Å². The minimum atomic E-state index is 0.101. The average molecular weight is 169 g/mol. The van der Waals surface area contributed by atoms with Crippen molar-refractivity contribution in [3.05, 3.63) is 0 Å². The number of carbonyl (C=O) groups is 1. The quantitative estimate of drug-likeness (QED) is 0.536. The molecule has 0 atom stereocenters. The number of morpholine rings is 1. The molecule has 0 bridgehead atoms. The van der Waals surface area contributed by atoms with Crippen molar-refractivity contribution in [2.45, 2.75) is 31.7 Å². The number of amides is 1. The van der Waals surface area contributed by atoms with E-state index in [1.807, 2.05) is 4.90 Å². The standard InChI is InChI=1S/C9H15NO2/c1-8(11)10-5-6-12-7-9(10)3-2-4-9/h2-7H2,1H3. The van der Waals surface area contributed by atoms with Crippen LogP contribution in [0.3, 0.4) is 0 Å². The maximum atomic E-state index is 11.3. The fourth-order valence-corrected chi connectivity index (χ4v) is 2.22. The number of nitrogens with zero attached hydrogens (tertiary/aromatic N) is 1. The van der Waals surface area contributed by atoms with Gasteiger partial charge in [0.2, 0.25) is 5.91 Å². The second-order valence-electron chi connectivity index (χ2n) is 3.80. The molecule has 2 rings (SSSR count). The highest BCUT2D eigenvalue weighted by atomic mass is 16.5. The van der Waals surface area contributed by atoms with E-state index in [-0.39, 0.29) is 11.4 Å². The van der Waals surface area contributed by atoms with Gasteiger partial charge in [0.25, 0.3) is 0 Å². The molecule has 1 aliphatic carbocycles. The first-order valence-electron chi connectivity index (χ1n) is 4.61. The van der Waals surface area contributed by atoms with Crippen LogP contribution in [0.15, 0.2) is 0 Å². The van der Waals surface area contributed by atoms with Crippen LogP contribution >= 0.6 is 0 Å². The van der Waals surface area contributed by atoms with Crippen LogP contribution in [0.25, 0.3) is 0 Å². The van der Waals surface area contributed by atoms with Gasteiger partial charge in [-0.3, -0.25) is 4.79 Å². The summed E-state index contributed by atoms with van der Waals surface area (Å²) in [4.78, 5) is 13.3. The molecule has 1 saturated heterocycles. The Hall–Kier alpha value is -0.570. The van der Waals surface area contributed by atoms with Crippen molar-refractivity contribution in [3.8, 4) is 0 Å². The Bertz CT molecular complexity index is 199. The van der Waals surface area contributed by atoms with E-state index < -0.39 is 0 Å². The molecule has 0 N–H and O–H groups in total. The highest BCUT2D eigenvalue weighted by Crippen LogP contribution is 2.39. The molecular formula is C9H15NO2. The molecule has 1 saturated carbocycles. The molecule has 1 heterocycles. The molecule has 2 fully saturated rings. The van der Waals surface area contributed by atoms with Crippen molar-refractivity contribution in [2.75, 3.05) is 19.8 Å². The summed E-state index contributed by atoms with van der Waals surface area (Å²) >= 11 is 0. The lowest BCUT2D eigenvalue weighted by Crippen LogP contribution is -2.62. The smallest absolute Gasteiger partial charge is 0.220 e. The van der Waals surface area contributed by atoms with Crippen LogP contribution < -0.4 is 0 Å². The normalized spacial score (nSPS) is 26.9. The predicted octanol–water partition coefficient (Wildman–Crippen LogP) is 0.788. The SMILES string of the molecule is CC(=O)N1CCOCC12CCC2. The van der Waals surface area contributed by atoms with E-state index in [2.05, 4.69) is 0 Å². The minimum Gasteiger partial charge on any atom is -0.377 e. The van der Waals surface area contributed by atoms with Gasteiger partial charge in [0, 0.05) is 13.5 Å². The first-order chi connectivity index (χ1) is 5.75. The maximum Gasteiger partial charge on any atom is 0.220 e. The van der Waals surface area contributed by atoms with Crippen molar-refractivity contribution in [1.82, 2.24) is 4.90 Å². The predicted molar refractivity (Wildman–Crippen MR) is 44.8 cm³/mol. The minimum absolute atomic E-state index is 0.101. The highest BCUT2D eigenvalue weighted by molar-refractivity contribution is 5.74. The van der Waals surface area contributed by atoms with E-state index >= 15 is 0 Å². The monoisotopic (exact) mass is 169 g/mol. The van der Waals surface area contributed by atoms with Gasteiger partial charge < -0.3 is 9.64 Å². The highest BCUT2D eigenvalue weighted by Gasteiger charge is 2.45. The van der Waals surface area contributed by atoms with Crippen molar-refractivity contribution in [2.24, 2.45) is 0 Å². The molecule has 3 heteroatoms. The summed E-state index contributed by atoms with van der Waals surface area (Å²) in [5.74, 6) is 0.206. The zero-order valence-electron chi connectivity index (χ0n) is 7.51. The van der Waals surface area contributed by atoms with Crippen LogP contribution in [0.4, 0.5) is 0 Å². The Labute approximate surface area is 72.7 Å². The van der Waals surface area contributed by atoms with Gasteiger partial charge in [0.05, 0.1) is 18.8 Å². The van der Waals surface area contributed by atoms with E-state index in [0.29, 0.717) is 6.61 Å². The van der Waals surface area contributed by atoms with Gasteiger partial charge in [0.15, 0.2) is 0 Å². The maximum absolute atomic E-state index is 11.3. The first-order valence-corrected chi connectivity index (χ1v) is 4.61. The Morgan fingerprint density at radius 3 is 2.67 bits per heavy atom. The molecule has 1 amide bonds. The third-order valence-corrected chi connectivity index (χ3v) is 3.07. The lowest BCUT2D eigenvalue weighted by Gasteiger charge is -2.52. The summed E-state index contributed by atoms with van der Waals surface area (Å²) in [5, 5.41) is 0. The molecule has 0 unspecified atom stereocenters. The van der Waals surface area contributed by atoms with E-state index in [4.69, 9.17) is 4.74 Å². The van der Waals surface area contributed by atoms with Gasteiger partial charge in [-0.05, 0) is 19.3 Å². The number of carbonyl (C=O) groups excluding carboxylic acids is 1. The number of hydrogen-bond acceptors (Lipinski definition) is 2. The molecule has 12 heavy (non-hydrogen) atoms. The molecule has 0 aromatic heterocycles. The molecule has 68 valence electrons.